The van der Waals surface area contributed by atoms with Crippen molar-refractivity contribution in [3.8, 4) is 5.88 Å². The molecule has 0 amide bonds. The summed E-state index contributed by atoms with van der Waals surface area (Å²) >= 11 is 5.18. The van der Waals surface area contributed by atoms with Gasteiger partial charge in [0.25, 0.3) is 0 Å². The molecule has 1 heterocycles. The highest BCUT2D eigenvalue weighted by atomic mass is 32.1. The van der Waals surface area contributed by atoms with Crippen LogP contribution in [0.3, 0.4) is 0 Å². The number of allylic oxidation sites excluding steroid dienone is 1. The number of thiocarbonyl (C=S) groups is 1. The van der Waals surface area contributed by atoms with E-state index in [0.717, 1.165) is 16.6 Å². The van der Waals surface area contributed by atoms with E-state index in [9.17, 15) is 5.11 Å². The van der Waals surface area contributed by atoms with E-state index in [1.54, 1.807) is 10.6 Å². The molecule has 0 spiro atoms. The molecule has 0 saturated carbocycles. The first-order chi connectivity index (χ1) is 11.7. The second kappa shape index (κ2) is 7.06. The van der Waals surface area contributed by atoms with E-state index in [1.807, 2.05) is 54.6 Å². The zero-order valence-corrected chi connectivity index (χ0v) is 13.7. The molecule has 120 valence electrons. The molecule has 0 atom stereocenters. The van der Waals surface area contributed by atoms with E-state index < -0.39 is 0 Å². The third-order valence-corrected chi connectivity index (χ3v) is 3.68. The lowest BCUT2D eigenvalue weighted by atomic mass is 10.2. The molecule has 0 unspecified atom stereocenters. The molecule has 3 rings (SSSR count). The third-order valence-electron chi connectivity index (χ3n) is 3.49. The van der Waals surface area contributed by atoms with Gasteiger partial charge in [-0.1, -0.05) is 42.5 Å². The molecule has 5 nitrogen and oxygen atoms in total. The molecule has 3 aromatic rings. The Bertz CT molecular complexity index is 915. The zero-order chi connectivity index (χ0) is 16.9. The highest BCUT2D eigenvalue weighted by Crippen LogP contribution is 2.38. The highest BCUT2D eigenvalue weighted by molar-refractivity contribution is 7.80. The zero-order valence-electron chi connectivity index (χ0n) is 12.9. The number of aromatic nitrogens is 1. The molecule has 0 fully saturated rings. The molecule has 0 aliphatic heterocycles. The molecule has 0 aliphatic rings. The minimum absolute atomic E-state index is 0.0439. The van der Waals surface area contributed by atoms with Crippen molar-refractivity contribution in [3.05, 3.63) is 67.3 Å². The van der Waals surface area contributed by atoms with Crippen LogP contribution in [0, 0.1) is 0 Å². The van der Waals surface area contributed by atoms with E-state index in [0.29, 0.717) is 12.2 Å². The van der Waals surface area contributed by atoms with Gasteiger partial charge in [-0.05, 0) is 30.4 Å². The van der Waals surface area contributed by atoms with E-state index in [1.165, 1.54) is 0 Å². The second-order valence-electron chi connectivity index (χ2n) is 5.08. The molecule has 1 aromatic heterocycles. The lowest BCUT2D eigenvalue weighted by Gasteiger charge is -2.02. The lowest BCUT2D eigenvalue weighted by Crippen LogP contribution is -2.04. The molecule has 24 heavy (non-hydrogen) atoms. The Morgan fingerprint density at radius 1 is 1.17 bits per heavy atom. The number of para-hydroxylation sites is 2. The summed E-state index contributed by atoms with van der Waals surface area (Å²) in [5.41, 5.74) is 2.09. The summed E-state index contributed by atoms with van der Waals surface area (Å²) in [6, 6.07) is 17.1. The van der Waals surface area contributed by atoms with Crippen molar-refractivity contribution in [1.82, 2.24) is 4.57 Å². The van der Waals surface area contributed by atoms with Gasteiger partial charge >= 0.3 is 0 Å². The largest absolute Gasteiger partial charge is 0.493 e. The monoisotopic (exact) mass is 336 g/mol. The van der Waals surface area contributed by atoms with Crippen LogP contribution in [0.1, 0.15) is 0 Å². The average molecular weight is 336 g/mol. The maximum atomic E-state index is 10.4. The van der Waals surface area contributed by atoms with Crippen molar-refractivity contribution in [2.45, 2.75) is 6.54 Å². The smallest absolute Gasteiger partial charge is 0.221 e. The number of nitrogens with zero attached hydrogens (tertiary/aromatic N) is 3. The second-order valence-corrected chi connectivity index (χ2v) is 5.47. The van der Waals surface area contributed by atoms with Gasteiger partial charge in [-0.2, -0.15) is 0 Å². The Morgan fingerprint density at radius 2 is 1.88 bits per heavy atom. The topological polar surface area (TPSA) is 61.9 Å². The van der Waals surface area contributed by atoms with Gasteiger partial charge in [0.05, 0.1) is 5.52 Å². The van der Waals surface area contributed by atoms with Crippen LogP contribution in [0.2, 0.25) is 0 Å². The number of hydrogen-bond acceptors (Lipinski definition) is 3. The Hall–Kier alpha value is -2.99. The van der Waals surface area contributed by atoms with Crippen LogP contribution < -0.4 is 5.32 Å². The third kappa shape index (κ3) is 3.18. The molecule has 6 heteroatoms. The number of aromatic hydroxyl groups is 1. The van der Waals surface area contributed by atoms with Gasteiger partial charge in [-0.15, -0.1) is 16.8 Å². The number of fused-ring (bicyclic) bond motifs is 1. The van der Waals surface area contributed by atoms with E-state index >= 15 is 0 Å². The molecule has 0 aliphatic carbocycles. The first-order valence-electron chi connectivity index (χ1n) is 7.39. The molecule has 0 saturated heterocycles. The van der Waals surface area contributed by atoms with Crippen molar-refractivity contribution in [1.29, 1.82) is 0 Å². The molecular formula is C18H16N4OS. The van der Waals surface area contributed by atoms with Crippen LogP contribution in [0.25, 0.3) is 10.9 Å². The number of azo groups is 1. The summed E-state index contributed by atoms with van der Waals surface area (Å²) < 4.78 is 1.73. The standard InChI is InChI=1S/C18H16N4OS/c1-2-12-22-15-11-7-6-10-14(15)16(17(22)23)20-21-18(24)19-13-8-4-3-5-9-13/h2-11,23H,1,12H2,(H,19,24). The first-order valence-corrected chi connectivity index (χ1v) is 7.80. The van der Waals surface area contributed by atoms with Crippen LogP contribution in [0.4, 0.5) is 11.4 Å². The van der Waals surface area contributed by atoms with E-state index in [2.05, 4.69) is 22.1 Å². The summed E-state index contributed by atoms with van der Waals surface area (Å²) in [7, 11) is 0. The number of rotatable bonds is 4. The van der Waals surface area contributed by atoms with Crippen molar-refractivity contribution < 1.29 is 5.11 Å². The Kier molecular flexibility index (Phi) is 4.67. The predicted molar refractivity (Wildman–Crippen MR) is 101 cm³/mol. The van der Waals surface area contributed by atoms with Gasteiger partial charge in [0.15, 0.2) is 5.69 Å². The quantitative estimate of drug-likeness (QED) is 0.400. The van der Waals surface area contributed by atoms with Crippen LogP contribution in [0.5, 0.6) is 5.88 Å². The normalized spacial score (nSPS) is 11.0. The van der Waals surface area contributed by atoms with Crippen molar-refractivity contribution in [2.24, 2.45) is 10.2 Å². The van der Waals surface area contributed by atoms with Crippen LogP contribution in [-0.2, 0) is 6.54 Å². The van der Waals surface area contributed by atoms with E-state index in [4.69, 9.17) is 12.2 Å². The molecular weight excluding hydrogens is 320 g/mol. The number of benzene rings is 2. The molecule has 2 N–H and O–H groups in total. The van der Waals surface area contributed by atoms with Crippen molar-refractivity contribution >= 4 is 39.6 Å². The number of nitrogens with one attached hydrogen (secondary N) is 1. The maximum absolute atomic E-state index is 10.4. The summed E-state index contributed by atoms with van der Waals surface area (Å²) in [5, 5.41) is 22.6. The van der Waals surface area contributed by atoms with Crippen LogP contribution in [0.15, 0.2) is 77.5 Å². The molecule has 0 radical (unpaired) electrons. The van der Waals surface area contributed by atoms with Gasteiger partial charge in [-0.3, -0.25) is 0 Å². The van der Waals surface area contributed by atoms with Crippen LogP contribution >= 0.6 is 12.2 Å². The highest BCUT2D eigenvalue weighted by Gasteiger charge is 2.15. The SMILES string of the molecule is C=CCn1c(O)c(N=NC(=S)Nc2ccccc2)c2ccccc21. The minimum Gasteiger partial charge on any atom is -0.493 e. The van der Waals surface area contributed by atoms with Gasteiger partial charge in [0.2, 0.25) is 11.0 Å². The fourth-order valence-electron chi connectivity index (χ4n) is 2.45. The maximum Gasteiger partial charge on any atom is 0.221 e. The van der Waals surface area contributed by atoms with Gasteiger partial charge in [0, 0.05) is 17.6 Å². The lowest BCUT2D eigenvalue weighted by molar-refractivity contribution is 0.431. The van der Waals surface area contributed by atoms with Crippen molar-refractivity contribution in [2.75, 3.05) is 5.32 Å². The number of anilines is 1. The van der Waals surface area contributed by atoms with Gasteiger partial charge in [-0.25, -0.2) is 0 Å². The molecule has 0 bridgehead atoms. The first kappa shape index (κ1) is 15.9. The summed E-state index contributed by atoms with van der Waals surface area (Å²) in [5.74, 6) is 0.0439. The molecule has 2 aromatic carbocycles. The summed E-state index contributed by atoms with van der Waals surface area (Å²) in [6.45, 7) is 4.20. The Labute approximate surface area is 145 Å². The summed E-state index contributed by atoms with van der Waals surface area (Å²) in [6.07, 6.45) is 1.72. The van der Waals surface area contributed by atoms with Crippen molar-refractivity contribution in [3.63, 3.8) is 0 Å². The Morgan fingerprint density at radius 3 is 2.62 bits per heavy atom. The van der Waals surface area contributed by atoms with Crippen LogP contribution in [-0.4, -0.2) is 14.8 Å². The Balaban J connectivity index is 1.90. The average Bonchev–Trinajstić information content (AvgIpc) is 2.86. The van der Waals surface area contributed by atoms with Gasteiger partial charge in [0.1, 0.15) is 0 Å². The fourth-order valence-corrected chi connectivity index (χ4v) is 2.61. The summed E-state index contributed by atoms with van der Waals surface area (Å²) in [4.78, 5) is 0. The number of hydrogen-bond donors (Lipinski definition) is 2. The van der Waals surface area contributed by atoms with Gasteiger partial charge < -0.3 is 15.0 Å². The predicted octanol–water partition coefficient (Wildman–Crippen LogP) is 5.01. The van der Waals surface area contributed by atoms with E-state index in [-0.39, 0.29) is 11.0 Å². The minimum atomic E-state index is 0.0439. The fraction of sp³-hybridized carbons (Fsp3) is 0.0556.